The molecule has 2 aliphatic carbocycles. The summed E-state index contributed by atoms with van der Waals surface area (Å²) in [6.07, 6.45) is 17.8. The van der Waals surface area contributed by atoms with Gasteiger partial charge in [0.05, 0.1) is 0 Å². The maximum atomic E-state index is 2.79. The highest BCUT2D eigenvalue weighted by molar-refractivity contribution is 5.53. The van der Waals surface area contributed by atoms with Crippen LogP contribution in [0, 0.1) is 32.6 Å². The van der Waals surface area contributed by atoms with Crippen LogP contribution in [-0.2, 0) is 5.54 Å². The number of fused-ring (bicyclic) bond motifs is 1. The first-order chi connectivity index (χ1) is 13.6. The van der Waals surface area contributed by atoms with E-state index in [1.807, 2.05) is 0 Å². The minimum Gasteiger partial charge on any atom is -0.218 e. The van der Waals surface area contributed by atoms with Gasteiger partial charge in [-0.15, -0.1) is 0 Å². The van der Waals surface area contributed by atoms with Gasteiger partial charge in [-0.1, -0.05) is 50.3 Å². The maximum Gasteiger partial charge on any atom is 0.259 e. The van der Waals surface area contributed by atoms with Crippen LogP contribution in [0.4, 0.5) is 0 Å². The molecule has 0 radical (unpaired) electrons. The van der Waals surface area contributed by atoms with E-state index in [1.165, 1.54) is 86.3 Å². The van der Waals surface area contributed by atoms with Crippen LogP contribution in [0.5, 0.6) is 0 Å². The van der Waals surface area contributed by atoms with Gasteiger partial charge >= 0.3 is 0 Å². The molecule has 2 heterocycles. The largest absolute Gasteiger partial charge is 0.259 e. The topological polar surface area (TPSA) is 8.81 Å². The van der Waals surface area contributed by atoms with E-state index in [9.17, 15) is 0 Å². The van der Waals surface area contributed by atoms with Crippen LogP contribution in [0.25, 0.3) is 11.8 Å². The Morgan fingerprint density at radius 2 is 1.46 bits per heavy atom. The number of hydrogen-bond donors (Lipinski definition) is 0. The number of para-hydroxylation sites is 1. The quantitative estimate of drug-likeness (QED) is 0.566. The molecule has 1 aromatic carbocycles. The lowest BCUT2D eigenvalue weighted by molar-refractivity contribution is -0.770. The van der Waals surface area contributed by atoms with Gasteiger partial charge in [-0.25, -0.2) is 4.57 Å². The van der Waals surface area contributed by atoms with Crippen LogP contribution in [0.2, 0.25) is 0 Å². The molecule has 28 heavy (non-hydrogen) atoms. The van der Waals surface area contributed by atoms with E-state index >= 15 is 0 Å². The van der Waals surface area contributed by atoms with E-state index in [1.54, 1.807) is 0 Å². The third kappa shape index (κ3) is 2.49. The normalized spacial score (nSPS) is 25.5. The van der Waals surface area contributed by atoms with Gasteiger partial charge < -0.3 is 0 Å². The zero-order valence-corrected chi connectivity index (χ0v) is 17.9. The smallest absolute Gasteiger partial charge is 0.218 e. The summed E-state index contributed by atoms with van der Waals surface area (Å²) in [6, 6.07) is 8.86. The van der Waals surface area contributed by atoms with Crippen molar-refractivity contribution >= 4 is 6.08 Å². The van der Waals surface area contributed by atoms with Gasteiger partial charge in [0.25, 0.3) is 5.82 Å². The molecule has 2 saturated carbocycles. The van der Waals surface area contributed by atoms with Crippen molar-refractivity contribution in [3.8, 4) is 5.69 Å². The second kappa shape index (κ2) is 6.90. The van der Waals surface area contributed by atoms with Crippen molar-refractivity contribution in [2.24, 2.45) is 11.8 Å². The minimum absolute atomic E-state index is 0.217. The lowest BCUT2D eigenvalue weighted by Gasteiger charge is -2.41. The summed E-state index contributed by atoms with van der Waals surface area (Å²) in [5, 5.41) is 0. The highest BCUT2D eigenvalue weighted by Gasteiger charge is 2.54. The number of imidazole rings is 1. The molecule has 0 amide bonds. The van der Waals surface area contributed by atoms with Crippen molar-refractivity contribution in [2.45, 2.75) is 84.1 Å². The van der Waals surface area contributed by atoms with Crippen molar-refractivity contribution in [3.05, 3.63) is 53.1 Å². The summed E-state index contributed by atoms with van der Waals surface area (Å²) < 4.78 is 5.32. The van der Waals surface area contributed by atoms with Crippen LogP contribution in [0.3, 0.4) is 0 Å². The zero-order valence-electron chi connectivity index (χ0n) is 17.9. The lowest BCUT2D eigenvalue weighted by atomic mass is 9.67. The van der Waals surface area contributed by atoms with Gasteiger partial charge in [-0.05, 0) is 56.4 Å². The molecule has 0 saturated heterocycles. The van der Waals surface area contributed by atoms with Crippen LogP contribution < -0.4 is 4.57 Å². The molecule has 2 aromatic rings. The van der Waals surface area contributed by atoms with Gasteiger partial charge in [0.15, 0.2) is 11.4 Å². The molecule has 2 nitrogen and oxygen atoms in total. The second-order valence-electron chi connectivity index (χ2n) is 9.51. The Balaban J connectivity index is 1.71. The van der Waals surface area contributed by atoms with E-state index in [0.717, 1.165) is 11.8 Å². The SMILES string of the molecule is Cc1ccccc1-n1c(C)c2[n+](c1C)C(C1CCCCC1)(C1CCCC1)C=C2. The summed E-state index contributed by atoms with van der Waals surface area (Å²) in [5.74, 6) is 3.03. The monoisotopic (exact) mass is 375 g/mol. The fourth-order valence-electron chi connectivity index (χ4n) is 6.86. The average Bonchev–Trinajstić information content (AvgIpc) is 3.43. The summed E-state index contributed by atoms with van der Waals surface area (Å²) >= 11 is 0. The Labute approximate surface area is 170 Å². The average molecular weight is 376 g/mol. The molecule has 0 spiro atoms. The zero-order chi connectivity index (χ0) is 19.3. The summed E-state index contributed by atoms with van der Waals surface area (Å²) in [5.41, 5.74) is 5.78. The Morgan fingerprint density at radius 1 is 0.857 bits per heavy atom. The minimum atomic E-state index is 0.217. The fourth-order valence-corrected chi connectivity index (χ4v) is 6.86. The molecule has 1 aliphatic heterocycles. The van der Waals surface area contributed by atoms with Gasteiger partial charge in [0, 0.05) is 25.7 Å². The molecule has 2 fully saturated rings. The molecule has 1 unspecified atom stereocenters. The fraction of sp³-hybridized carbons (Fsp3) is 0.577. The predicted octanol–water partition coefficient (Wildman–Crippen LogP) is 6.18. The van der Waals surface area contributed by atoms with Gasteiger partial charge in [0.1, 0.15) is 11.2 Å². The second-order valence-corrected chi connectivity index (χ2v) is 9.51. The molecule has 0 bridgehead atoms. The van der Waals surface area contributed by atoms with E-state index in [0.29, 0.717) is 0 Å². The van der Waals surface area contributed by atoms with E-state index < -0.39 is 0 Å². The first-order valence-electron chi connectivity index (χ1n) is 11.5. The van der Waals surface area contributed by atoms with Crippen molar-refractivity contribution in [2.75, 3.05) is 0 Å². The third-order valence-corrected chi connectivity index (χ3v) is 8.11. The molecule has 0 N–H and O–H groups in total. The Kier molecular flexibility index (Phi) is 4.49. The number of allylic oxidation sites excluding steroid dienone is 1. The maximum absolute atomic E-state index is 2.79. The molecule has 1 aromatic heterocycles. The highest BCUT2D eigenvalue weighted by Crippen LogP contribution is 2.49. The number of aromatic nitrogens is 2. The molecule has 5 rings (SSSR count). The molecule has 3 aliphatic rings. The first-order valence-corrected chi connectivity index (χ1v) is 11.5. The first kappa shape index (κ1) is 18.2. The third-order valence-electron chi connectivity index (χ3n) is 8.11. The van der Waals surface area contributed by atoms with Gasteiger partial charge in [-0.2, -0.15) is 4.57 Å². The number of nitrogens with zero attached hydrogens (tertiary/aromatic N) is 2. The van der Waals surface area contributed by atoms with Crippen LogP contribution in [0.15, 0.2) is 30.3 Å². The van der Waals surface area contributed by atoms with Crippen molar-refractivity contribution in [3.63, 3.8) is 0 Å². The van der Waals surface area contributed by atoms with E-state index in [2.05, 4.69) is 66.3 Å². The van der Waals surface area contributed by atoms with E-state index in [4.69, 9.17) is 0 Å². The van der Waals surface area contributed by atoms with Crippen LogP contribution in [0.1, 0.15) is 80.6 Å². The standard InChI is InChI=1S/C26H35N2/c1-19-11-7-10-16-24(19)27-20(2)25-17-18-26(28(25)21(27)3,23-14-8-9-15-23)22-12-5-4-6-13-22/h7,10-11,16-18,22-23H,4-6,8-9,12-15H2,1-3H3/q+1. The van der Waals surface area contributed by atoms with Gasteiger partial charge in [0.2, 0.25) is 0 Å². The number of hydrogen-bond acceptors (Lipinski definition) is 0. The van der Waals surface area contributed by atoms with Crippen molar-refractivity contribution < 1.29 is 4.57 Å². The molecular weight excluding hydrogens is 340 g/mol. The lowest BCUT2D eigenvalue weighted by Crippen LogP contribution is -2.63. The number of aryl methyl sites for hydroxylation is 1. The molecule has 1 atom stereocenters. The van der Waals surface area contributed by atoms with E-state index in [-0.39, 0.29) is 5.54 Å². The predicted molar refractivity (Wildman–Crippen MR) is 116 cm³/mol. The molecular formula is C26H35N2+. The summed E-state index contributed by atoms with van der Waals surface area (Å²) in [7, 11) is 0. The van der Waals surface area contributed by atoms with Crippen molar-refractivity contribution in [1.29, 1.82) is 0 Å². The van der Waals surface area contributed by atoms with Crippen LogP contribution >= 0.6 is 0 Å². The highest BCUT2D eigenvalue weighted by atomic mass is 15.2. The molecule has 148 valence electrons. The summed E-state index contributed by atoms with van der Waals surface area (Å²) in [4.78, 5) is 0. The Bertz CT molecular complexity index is 907. The Hall–Kier alpha value is -1.83. The number of rotatable bonds is 3. The van der Waals surface area contributed by atoms with Gasteiger partial charge in [-0.3, -0.25) is 0 Å². The molecule has 2 heteroatoms. The Morgan fingerprint density at radius 3 is 2.11 bits per heavy atom. The summed E-state index contributed by atoms with van der Waals surface area (Å²) in [6.45, 7) is 6.93. The van der Waals surface area contributed by atoms with Crippen LogP contribution in [-0.4, -0.2) is 4.57 Å². The number of benzene rings is 1. The van der Waals surface area contributed by atoms with Crippen molar-refractivity contribution in [1.82, 2.24) is 4.57 Å².